The van der Waals surface area contributed by atoms with E-state index in [1.54, 1.807) is 36.4 Å². The first-order chi connectivity index (χ1) is 16.1. The van der Waals surface area contributed by atoms with Gasteiger partial charge in [0.25, 0.3) is 11.8 Å². The van der Waals surface area contributed by atoms with Crippen LogP contribution in [0.3, 0.4) is 0 Å². The molecule has 7 heteroatoms. The van der Waals surface area contributed by atoms with Crippen molar-refractivity contribution < 1.29 is 14.3 Å². The molecule has 0 saturated carbocycles. The Morgan fingerprint density at radius 1 is 0.879 bits per heavy atom. The molecule has 4 rings (SSSR count). The fraction of sp³-hybridized carbons (Fsp3) is 0.192. The molecule has 1 unspecified atom stereocenters. The van der Waals surface area contributed by atoms with Crippen molar-refractivity contribution in [3.05, 3.63) is 90.0 Å². The Hall–Kier alpha value is -3.55. The molecule has 0 aromatic heterocycles. The molecular weight excluding hydrogens is 434 g/mol. The van der Waals surface area contributed by atoms with Gasteiger partial charge in [-0.1, -0.05) is 48.5 Å². The molecule has 6 nitrogen and oxygen atoms in total. The summed E-state index contributed by atoms with van der Waals surface area (Å²) in [5.74, 6) is -0.486. The molecule has 1 aliphatic heterocycles. The zero-order chi connectivity index (χ0) is 23.0. The summed E-state index contributed by atoms with van der Waals surface area (Å²) in [7, 11) is 0. The van der Waals surface area contributed by atoms with Gasteiger partial charge in [0.1, 0.15) is 0 Å². The molecule has 0 spiro atoms. The van der Waals surface area contributed by atoms with E-state index in [-0.39, 0.29) is 23.0 Å². The fourth-order valence-corrected chi connectivity index (χ4v) is 3.84. The van der Waals surface area contributed by atoms with E-state index < -0.39 is 0 Å². The average molecular weight is 460 g/mol. The summed E-state index contributed by atoms with van der Waals surface area (Å²) in [4.78, 5) is 25.0. The SMILES string of the molecule is O=C(NCC1CCCO1)c1cccc(NC(=S)NC(=O)c2ccc(-c3ccccc3)cc2)c1. The smallest absolute Gasteiger partial charge is 0.257 e. The zero-order valence-electron chi connectivity index (χ0n) is 18.0. The summed E-state index contributed by atoms with van der Waals surface area (Å²) in [6, 6.07) is 24.2. The zero-order valence-corrected chi connectivity index (χ0v) is 18.9. The van der Waals surface area contributed by atoms with Crippen molar-refractivity contribution in [2.75, 3.05) is 18.5 Å². The lowest BCUT2D eigenvalue weighted by Crippen LogP contribution is -2.34. The number of hydrogen-bond acceptors (Lipinski definition) is 4. The van der Waals surface area contributed by atoms with Crippen LogP contribution in [0.1, 0.15) is 33.6 Å². The van der Waals surface area contributed by atoms with Crippen LogP contribution in [-0.4, -0.2) is 36.2 Å². The highest BCUT2D eigenvalue weighted by molar-refractivity contribution is 7.80. The number of anilines is 1. The van der Waals surface area contributed by atoms with E-state index in [1.807, 2.05) is 42.5 Å². The van der Waals surface area contributed by atoms with Gasteiger partial charge in [-0.3, -0.25) is 14.9 Å². The van der Waals surface area contributed by atoms with Crippen LogP contribution in [0.2, 0.25) is 0 Å². The van der Waals surface area contributed by atoms with Gasteiger partial charge in [0.2, 0.25) is 0 Å². The predicted molar refractivity (Wildman–Crippen MR) is 133 cm³/mol. The van der Waals surface area contributed by atoms with Crippen LogP contribution in [0, 0.1) is 0 Å². The van der Waals surface area contributed by atoms with Crippen molar-refractivity contribution in [1.82, 2.24) is 10.6 Å². The van der Waals surface area contributed by atoms with E-state index in [2.05, 4.69) is 16.0 Å². The van der Waals surface area contributed by atoms with E-state index in [1.165, 1.54) is 0 Å². The highest BCUT2D eigenvalue weighted by Gasteiger charge is 2.17. The van der Waals surface area contributed by atoms with Crippen molar-refractivity contribution >= 4 is 34.8 Å². The number of benzene rings is 3. The maximum atomic E-state index is 12.6. The number of carbonyl (C=O) groups is 2. The third-order valence-electron chi connectivity index (χ3n) is 5.38. The summed E-state index contributed by atoms with van der Waals surface area (Å²) in [6.45, 7) is 1.24. The van der Waals surface area contributed by atoms with Gasteiger partial charge in [0.15, 0.2) is 5.11 Å². The van der Waals surface area contributed by atoms with Gasteiger partial charge in [-0.15, -0.1) is 0 Å². The van der Waals surface area contributed by atoms with Gasteiger partial charge in [-0.2, -0.15) is 0 Å². The lowest BCUT2D eigenvalue weighted by molar-refractivity contribution is 0.0857. The number of rotatable bonds is 6. The second-order valence-electron chi connectivity index (χ2n) is 7.78. The number of carbonyl (C=O) groups excluding carboxylic acids is 2. The molecule has 1 saturated heterocycles. The Morgan fingerprint density at radius 3 is 2.36 bits per heavy atom. The van der Waals surface area contributed by atoms with Crippen molar-refractivity contribution in [3.63, 3.8) is 0 Å². The van der Waals surface area contributed by atoms with Gasteiger partial charge in [0.05, 0.1) is 6.10 Å². The molecule has 33 heavy (non-hydrogen) atoms. The highest BCUT2D eigenvalue weighted by atomic mass is 32.1. The predicted octanol–water partition coefficient (Wildman–Crippen LogP) is 4.39. The Balaban J connectivity index is 1.31. The lowest BCUT2D eigenvalue weighted by Gasteiger charge is -2.13. The topological polar surface area (TPSA) is 79.5 Å². The van der Waals surface area contributed by atoms with E-state index in [0.717, 1.165) is 30.6 Å². The number of thiocarbonyl (C=S) groups is 1. The quantitative estimate of drug-likeness (QED) is 0.477. The van der Waals surface area contributed by atoms with Gasteiger partial charge in [-0.25, -0.2) is 0 Å². The van der Waals surface area contributed by atoms with Crippen LogP contribution >= 0.6 is 12.2 Å². The average Bonchev–Trinajstić information content (AvgIpc) is 3.37. The van der Waals surface area contributed by atoms with E-state index in [4.69, 9.17) is 17.0 Å². The molecule has 3 aromatic carbocycles. The van der Waals surface area contributed by atoms with Crippen LogP contribution < -0.4 is 16.0 Å². The lowest BCUT2D eigenvalue weighted by atomic mass is 10.0. The normalized spacial score (nSPS) is 15.0. The van der Waals surface area contributed by atoms with Gasteiger partial charge < -0.3 is 15.4 Å². The van der Waals surface area contributed by atoms with Crippen LogP contribution in [0.5, 0.6) is 0 Å². The number of amides is 2. The second-order valence-corrected chi connectivity index (χ2v) is 8.19. The number of ether oxygens (including phenoxy) is 1. The first-order valence-corrected chi connectivity index (χ1v) is 11.3. The first kappa shape index (κ1) is 22.6. The third-order valence-corrected chi connectivity index (χ3v) is 5.58. The maximum Gasteiger partial charge on any atom is 0.257 e. The minimum atomic E-state index is -0.308. The standard InChI is InChI=1S/C26H25N3O3S/c30-24(27-17-23-10-5-15-32-23)21-8-4-9-22(16-21)28-26(33)29-25(31)20-13-11-19(12-14-20)18-6-2-1-3-7-18/h1-4,6-9,11-14,16,23H,5,10,15,17H2,(H,27,30)(H2,28,29,31,33). The van der Waals surface area contributed by atoms with Crippen molar-refractivity contribution in [2.45, 2.75) is 18.9 Å². The minimum Gasteiger partial charge on any atom is -0.376 e. The third kappa shape index (κ3) is 6.25. The fourth-order valence-electron chi connectivity index (χ4n) is 3.63. The molecule has 3 aromatic rings. The Labute approximate surface area is 198 Å². The summed E-state index contributed by atoms with van der Waals surface area (Å²) >= 11 is 5.29. The van der Waals surface area contributed by atoms with Crippen molar-refractivity contribution in [2.24, 2.45) is 0 Å². The Morgan fingerprint density at radius 2 is 1.64 bits per heavy atom. The van der Waals surface area contributed by atoms with Gasteiger partial charge >= 0.3 is 0 Å². The summed E-state index contributed by atoms with van der Waals surface area (Å²) < 4.78 is 5.53. The van der Waals surface area contributed by atoms with E-state index in [0.29, 0.717) is 23.4 Å². The Bertz CT molecular complexity index is 1130. The summed E-state index contributed by atoms with van der Waals surface area (Å²) in [5.41, 5.74) is 3.73. The largest absolute Gasteiger partial charge is 0.376 e. The van der Waals surface area contributed by atoms with E-state index in [9.17, 15) is 9.59 Å². The first-order valence-electron chi connectivity index (χ1n) is 10.9. The van der Waals surface area contributed by atoms with Gasteiger partial charge in [0, 0.05) is 30.0 Å². The summed E-state index contributed by atoms with van der Waals surface area (Å²) in [6.07, 6.45) is 2.07. The second kappa shape index (κ2) is 10.8. The van der Waals surface area contributed by atoms with Gasteiger partial charge in [-0.05, 0) is 66.5 Å². The maximum absolute atomic E-state index is 12.6. The number of hydrogen-bond donors (Lipinski definition) is 3. The monoisotopic (exact) mass is 459 g/mol. The molecule has 0 bridgehead atoms. The molecule has 1 atom stereocenters. The van der Waals surface area contributed by atoms with Crippen LogP contribution in [0.25, 0.3) is 11.1 Å². The van der Waals surface area contributed by atoms with E-state index >= 15 is 0 Å². The molecule has 1 fully saturated rings. The molecule has 1 aliphatic rings. The summed E-state index contributed by atoms with van der Waals surface area (Å²) in [5, 5.41) is 8.70. The molecular formula is C26H25N3O3S. The molecule has 168 valence electrons. The number of nitrogens with one attached hydrogen (secondary N) is 3. The molecule has 0 radical (unpaired) electrons. The molecule has 3 N–H and O–H groups in total. The van der Waals surface area contributed by atoms with Crippen molar-refractivity contribution in [1.29, 1.82) is 0 Å². The van der Waals surface area contributed by atoms with Crippen LogP contribution in [0.15, 0.2) is 78.9 Å². The Kier molecular flexibility index (Phi) is 7.44. The minimum absolute atomic E-state index is 0.0832. The molecule has 2 amide bonds. The van der Waals surface area contributed by atoms with Crippen LogP contribution in [-0.2, 0) is 4.74 Å². The van der Waals surface area contributed by atoms with Crippen LogP contribution in [0.4, 0.5) is 5.69 Å². The molecule has 0 aliphatic carbocycles. The molecule has 1 heterocycles. The van der Waals surface area contributed by atoms with Crippen molar-refractivity contribution in [3.8, 4) is 11.1 Å². The highest BCUT2D eigenvalue weighted by Crippen LogP contribution is 2.19.